The molecule has 1 fully saturated rings. The smallest absolute Gasteiger partial charge is 0.228 e. The Morgan fingerprint density at radius 1 is 1.35 bits per heavy atom. The lowest BCUT2D eigenvalue weighted by Gasteiger charge is -2.37. The number of nitrogens with one attached hydrogen (secondary N) is 1. The van der Waals surface area contributed by atoms with Gasteiger partial charge >= 0.3 is 0 Å². The Balaban J connectivity index is 0.00000192. The first-order valence-electron chi connectivity index (χ1n) is 7.66. The second-order valence-electron chi connectivity index (χ2n) is 5.94. The molecule has 128 valence electrons. The first kappa shape index (κ1) is 18.5. The summed E-state index contributed by atoms with van der Waals surface area (Å²) in [5.41, 5.74) is 6.44. The number of halogens is 2. The normalized spacial score (nSPS) is 22.3. The lowest BCUT2D eigenvalue weighted by Crippen LogP contribution is -2.50. The van der Waals surface area contributed by atoms with Crippen LogP contribution in [-0.4, -0.2) is 32.3 Å². The third kappa shape index (κ3) is 3.82. The van der Waals surface area contributed by atoms with Gasteiger partial charge in [0.15, 0.2) is 0 Å². The van der Waals surface area contributed by atoms with E-state index in [1.165, 1.54) is 0 Å². The number of hydrogen-bond acceptors (Lipinski definition) is 4. The van der Waals surface area contributed by atoms with Crippen molar-refractivity contribution in [1.82, 2.24) is 5.32 Å². The van der Waals surface area contributed by atoms with Gasteiger partial charge in [0.2, 0.25) is 5.91 Å². The number of benzene rings is 1. The second kappa shape index (κ2) is 7.83. The SMILES string of the molecule is Cl.NCC1(C(=O)NC2CCOc3ccc(Br)cc32)CCOCC1. The van der Waals surface area contributed by atoms with Crippen molar-refractivity contribution in [3.63, 3.8) is 0 Å². The summed E-state index contributed by atoms with van der Waals surface area (Å²) >= 11 is 3.48. The fourth-order valence-electron chi connectivity index (χ4n) is 3.11. The molecular weight excluding hydrogens is 384 g/mol. The molecule has 0 aromatic heterocycles. The lowest BCUT2D eigenvalue weighted by atomic mass is 9.79. The molecule has 0 spiro atoms. The summed E-state index contributed by atoms with van der Waals surface area (Å²) in [6.45, 7) is 2.16. The Morgan fingerprint density at radius 3 is 2.78 bits per heavy atom. The van der Waals surface area contributed by atoms with E-state index in [1.807, 2.05) is 18.2 Å². The summed E-state index contributed by atoms with van der Waals surface area (Å²) in [6.07, 6.45) is 2.14. The highest BCUT2D eigenvalue weighted by Crippen LogP contribution is 2.36. The predicted molar refractivity (Wildman–Crippen MR) is 93.9 cm³/mol. The zero-order chi connectivity index (χ0) is 15.6. The molecule has 3 rings (SSSR count). The summed E-state index contributed by atoms with van der Waals surface area (Å²) in [5, 5.41) is 3.19. The predicted octanol–water partition coefficient (Wildman–Crippen LogP) is 2.57. The van der Waals surface area contributed by atoms with Gasteiger partial charge in [-0.15, -0.1) is 12.4 Å². The quantitative estimate of drug-likeness (QED) is 0.810. The van der Waals surface area contributed by atoms with Crippen LogP contribution < -0.4 is 15.8 Å². The number of nitrogens with two attached hydrogens (primary N) is 1. The Hall–Kier alpha value is -0.820. The average Bonchev–Trinajstić information content (AvgIpc) is 2.56. The highest BCUT2D eigenvalue weighted by molar-refractivity contribution is 9.10. The van der Waals surface area contributed by atoms with E-state index >= 15 is 0 Å². The van der Waals surface area contributed by atoms with Gasteiger partial charge in [-0.2, -0.15) is 0 Å². The average molecular weight is 406 g/mol. The lowest BCUT2D eigenvalue weighted by molar-refractivity contribution is -0.136. The van der Waals surface area contributed by atoms with E-state index in [0.29, 0.717) is 39.2 Å². The van der Waals surface area contributed by atoms with Gasteiger partial charge in [-0.1, -0.05) is 15.9 Å². The van der Waals surface area contributed by atoms with E-state index in [9.17, 15) is 4.79 Å². The molecule has 2 heterocycles. The molecule has 2 aliphatic heterocycles. The summed E-state index contributed by atoms with van der Waals surface area (Å²) in [4.78, 5) is 12.8. The summed E-state index contributed by atoms with van der Waals surface area (Å²) in [6, 6.07) is 5.87. The molecule has 5 nitrogen and oxygen atoms in total. The molecule has 1 atom stereocenters. The molecule has 1 amide bonds. The minimum absolute atomic E-state index is 0. The van der Waals surface area contributed by atoms with E-state index in [4.69, 9.17) is 15.2 Å². The molecule has 1 aromatic carbocycles. The van der Waals surface area contributed by atoms with Gasteiger partial charge in [0.1, 0.15) is 5.75 Å². The highest BCUT2D eigenvalue weighted by atomic mass is 79.9. The molecule has 3 N–H and O–H groups in total. The topological polar surface area (TPSA) is 73.6 Å². The van der Waals surface area contributed by atoms with Crippen LogP contribution in [0.4, 0.5) is 0 Å². The van der Waals surface area contributed by atoms with Gasteiger partial charge in [0, 0.05) is 36.2 Å². The summed E-state index contributed by atoms with van der Waals surface area (Å²) in [5.74, 6) is 0.879. The van der Waals surface area contributed by atoms with Gasteiger partial charge in [0.05, 0.1) is 18.1 Å². The molecule has 1 unspecified atom stereocenters. The number of carbonyl (C=O) groups is 1. The van der Waals surface area contributed by atoms with Crippen molar-refractivity contribution in [1.29, 1.82) is 0 Å². The Kier molecular flexibility index (Phi) is 6.31. The molecule has 1 aromatic rings. The highest BCUT2D eigenvalue weighted by Gasteiger charge is 2.40. The third-order valence-corrected chi connectivity index (χ3v) is 5.13. The summed E-state index contributed by atoms with van der Waals surface area (Å²) < 4.78 is 12.0. The van der Waals surface area contributed by atoms with Crippen molar-refractivity contribution in [2.75, 3.05) is 26.4 Å². The van der Waals surface area contributed by atoms with Crippen molar-refractivity contribution >= 4 is 34.2 Å². The van der Waals surface area contributed by atoms with Gasteiger partial charge in [0.25, 0.3) is 0 Å². The summed E-state index contributed by atoms with van der Waals surface area (Å²) in [7, 11) is 0. The standard InChI is InChI=1S/C16H21BrN2O3.ClH/c17-11-1-2-14-12(9-11)13(3-6-22-14)19-15(20)16(10-18)4-7-21-8-5-16;/h1-2,9,13H,3-8,10,18H2,(H,19,20);1H. The molecule has 1 saturated heterocycles. The van der Waals surface area contributed by atoms with Crippen molar-refractivity contribution in [3.05, 3.63) is 28.2 Å². The van der Waals surface area contributed by atoms with E-state index in [2.05, 4.69) is 21.2 Å². The third-order valence-electron chi connectivity index (χ3n) is 4.64. The van der Waals surface area contributed by atoms with E-state index in [0.717, 1.165) is 22.2 Å². The fourth-order valence-corrected chi connectivity index (χ4v) is 3.49. The van der Waals surface area contributed by atoms with Gasteiger partial charge in [-0.3, -0.25) is 4.79 Å². The number of carbonyl (C=O) groups excluding carboxylic acids is 1. The van der Waals surface area contributed by atoms with Crippen LogP contribution in [0.25, 0.3) is 0 Å². The van der Waals surface area contributed by atoms with Crippen LogP contribution >= 0.6 is 28.3 Å². The van der Waals surface area contributed by atoms with E-state index in [1.54, 1.807) is 0 Å². The van der Waals surface area contributed by atoms with Gasteiger partial charge < -0.3 is 20.5 Å². The van der Waals surface area contributed by atoms with Crippen LogP contribution in [0.15, 0.2) is 22.7 Å². The molecule has 2 aliphatic rings. The van der Waals surface area contributed by atoms with Crippen molar-refractivity contribution in [2.45, 2.75) is 25.3 Å². The fraction of sp³-hybridized carbons (Fsp3) is 0.562. The number of hydrogen-bond donors (Lipinski definition) is 2. The van der Waals surface area contributed by atoms with Crippen LogP contribution in [0.1, 0.15) is 30.9 Å². The van der Waals surface area contributed by atoms with Crippen LogP contribution in [0.5, 0.6) is 5.75 Å². The zero-order valence-corrected chi connectivity index (χ0v) is 15.2. The van der Waals surface area contributed by atoms with Crippen molar-refractivity contribution in [2.24, 2.45) is 11.1 Å². The Morgan fingerprint density at radius 2 is 2.09 bits per heavy atom. The maximum atomic E-state index is 12.8. The van der Waals surface area contributed by atoms with Gasteiger partial charge in [-0.25, -0.2) is 0 Å². The number of fused-ring (bicyclic) bond motifs is 1. The largest absolute Gasteiger partial charge is 0.493 e. The molecule has 0 radical (unpaired) electrons. The first-order valence-corrected chi connectivity index (χ1v) is 8.45. The molecule has 7 heteroatoms. The number of amides is 1. The van der Waals surface area contributed by atoms with Crippen LogP contribution in [0, 0.1) is 5.41 Å². The minimum atomic E-state index is -0.497. The maximum absolute atomic E-state index is 12.8. The molecular formula is C16H22BrClN2O3. The van der Waals surface area contributed by atoms with Crippen LogP contribution in [0.3, 0.4) is 0 Å². The molecule has 0 saturated carbocycles. The maximum Gasteiger partial charge on any atom is 0.228 e. The van der Waals surface area contributed by atoms with Crippen LogP contribution in [0.2, 0.25) is 0 Å². The van der Waals surface area contributed by atoms with E-state index in [-0.39, 0.29) is 24.4 Å². The van der Waals surface area contributed by atoms with E-state index < -0.39 is 5.41 Å². The van der Waals surface area contributed by atoms with Crippen molar-refractivity contribution < 1.29 is 14.3 Å². The van der Waals surface area contributed by atoms with Gasteiger partial charge in [-0.05, 0) is 31.0 Å². The molecule has 23 heavy (non-hydrogen) atoms. The molecule has 0 bridgehead atoms. The second-order valence-corrected chi connectivity index (χ2v) is 6.86. The zero-order valence-electron chi connectivity index (χ0n) is 12.8. The Labute approximate surface area is 150 Å². The minimum Gasteiger partial charge on any atom is -0.493 e. The monoisotopic (exact) mass is 404 g/mol. The molecule has 0 aliphatic carbocycles. The number of ether oxygens (including phenoxy) is 2. The first-order chi connectivity index (χ1) is 10.6. The van der Waals surface area contributed by atoms with Crippen molar-refractivity contribution in [3.8, 4) is 5.75 Å². The van der Waals surface area contributed by atoms with Crippen LogP contribution in [-0.2, 0) is 9.53 Å². The number of rotatable bonds is 3. The Bertz CT molecular complexity index is 564.